The second-order valence-corrected chi connectivity index (χ2v) is 3.22. The Morgan fingerprint density at radius 3 is 2.33 bits per heavy atom. The molecule has 0 heterocycles. The molecule has 12 heavy (non-hydrogen) atoms. The van der Waals surface area contributed by atoms with E-state index in [1.807, 2.05) is 6.92 Å². The van der Waals surface area contributed by atoms with E-state index in [0.29, 0.717) is 6.42 Å². The minimum absolute atomic E-state index is 0. The summed E-state index contributed by atoms with van der Waals surface area (Å²) in [6.07, 6.45) is 1.43. The number of carbonyl (C=O) groups is 1. The Balaban J connectivity index is 0. The zero-order chi connectivity index (χ0) is 8.91. The summed E-state index contributed by atoms with van der Waals surface area (Å²) >= 11 is 0. The molecule has 0 fully saturated rings. The third-order valence-corrected chi connectivity index (χ3v) is 1.40. The fraction of sp³-hybridized carbons (Fsp3) is 0.800. The molecule has 0 aromatic heterocycles. The van der Waals surface area contributed by atoms with Crippen molar-refractivity contribution in [3.05, 3.63) is 0 Å². The van der Waals surface area contributed by atoms with Gasteiger partial charge in [0.2, 0.25) is 0 Å². The second kappa shape index (κ2) is 6.90. The quantitative estimate of drug-likeness (QED) is 0.547. The van der Waals surface area contributed by atoms with Gasteiger partial charge in [-0.15, -0.1) is 0 Å². The third kappa shape index (κ3) is 10.4. The minimum atomic E-state index is -4.61. The Kier molecular flexibility index (Phi) is 8.59. The number of carbonyl (C=O) groups excluding carboxylic acids is 1. The maximum absolute atomic E-state index is 10.5. The van der Waals surface area contributed by atoms with E-state index in [1.54, 1.807) is 0 Å². The molecule has 0 atom stereocenters. The molecule has 0 saturated heterocycles. The average Bonchev–Trinajstić information content (AvgIpc) is 1.79. The van der Waals surface area contributed by atoms with Gasteiger partial charge in [-0.05, 0) is 6.42 Å². The summed E-state index contributed by atoms with van der Waals surface area (Å²) in [7, 11) is -4.61. The van der Waals surface area contributed by atoms with Gasteiger partial charge in [0.25, 0.3) is 0 Å². The molecule has 0 amide bonds. The first kappa shape index (κ1) is 14.9. The van der Waals surface area contributed by atoms with Gasteiger partial charge in [0.1, 0.15) is 0 Å². The van der Waals surface area contributed by atoms with Crippen molar-refractivity contribution < 1.29 is 23.7 Å². The summed E-state index contributed by atoms with van der Waals surface area (Å²) in [5, 5.41) is 0. The summed E-state index contributed by atoms with van der Waals surface area (Å²) in [5.74, 6) is -0.847. The molecule has 0 bridgehead atoms. The molecule has 0 aromatic carbocycles. The normalized spacial score (nSPS) is 10.2. The molecule has 0 spiro atoms. The molecule has 0 saturated carbocycles. The summed E-state index contributed by atoms with van der Waals surface area (Å²) in [4.78, 5) is 26.8. The van der Waals surface area contributed by atoms with Crippen molar-refractivity contribution in [3.8, 4) is 0 Å². The molecule has 7 heteroatoms. The predicted octanol–water partition coefficient (Wildman–Crippen LogP) is -0.371. The van der Waals surface area contributed by atoms with Crippen molar-refractivity contribution in [1.82, 2.24) is 0 Å². The van der Waals surface area contributed by atoms with Crippen molar-refractivity contribution in [2.24, 2.45) is 0 Å². The number of unbranched alkanes of at least 4 members (excludes halogenated alkanes) is 1. The molecule has 0 radical (unpaired) electrons. The Hall–Kier alpha value is 0.438. The van der Waals surface area contributed by atoms with Gasteiger partial charge in [0.15, 0.2) is 0 Å². The van der Waals surface area contributed by atoms with Gasteiger partial charge < -0.3 is 4.52 Å². The Labute approximate surface area is 88.2 Å². The van der Waals surface area contributed by atoms with Crippen LogP contribution < -0.4 is 0 Å². The van der Waals surface area contributed by atoms with Crippen LogP contribution in [0.5, 0.6) is 0 Å². The van der Waals surface area contributed by atoms with Crippen LogP contribution in [-0.4, -0.2) is 40.2 Å². The topological polar surface area (TPSA) is 83.8 Å². The molecule has 2 N–H and O–H groups in total. The van der Waals surface area contributed by atoms with Gasteiger partial charge in [0.05, 0.1) is 0 Å². The van der Waals surface area contributed by atoms with Crippen LogP contribution in [0, 0.1) is 0 Å². The second-order valence-electron chi connectivity index (χ2n) is 2.06. The Morgan fingerprint density at radius 2 is 2.00 bits per heavy atom. The van der Waals surface area contributed by atoms with E-state index in [4.69, 9.17) is 9.79 Å². The van der Waals surface area contributed by atoms with Crippen LogP contribution in [0.3, 0.4) is 0 Å². The third-order valence-electron chi connectivity index (χ3n) is 0.955. The summed E-state index contributed by atoms with van der Waals surface area (Å²) in [6, 6.07) is 0. The van der Waals surface area contributed by atoms with Crippen molar-refractivity contribution in [2.45, 2.75) is 26.2 Å². The Morgan fingerprint density at radius 1 is 1.50 bits per heavy atom. The molecular formula is C5H14O5PSb. The summed E-state index contributed by atoms with van der Waals surface area (Å²) in [6.45, 7) is 1.87. The first-order valence-electron chi connectivity index (χ1n) is 3.23. The number of rotatable bonds is 4. The molecule has 0 aliphatic carbocycles. The van der Waals surface area contributed by atoms with Crippen molar-refractivity contribution in [1.29, 1.82) is 0 Å². The first-order valence-corrected chi connectivity index (χ1v) is 4.76. The van der Waals surface area contributed by atoms with Crippen molar-refractivity contribution in [2.75, 3.05) is 0 Å². The average molecular weight is 307 g/mol. The van der Waals surface area contributed by atoms with Crippen LogP contribution in [0.15, 0.2) is 0 Å². The van der Waals surface area contributed by atoms with Crippen LogP contribution in [-0.2, 0) is 13.9 Å². The fourth-order valence-electron chi connectivity index (χ4n) is 0.499. The van der Waals surface area contributed by atoms with Crippen LogP contribution >= 0.6 is 7.82 Å². The molecule has 0 aliphatic rings. The fourth-order valence-corrected chi connectivity index (χ4v) is 0.856. The molecule has 0 rings (SSSR count). The van der Waals surface area contributed by atoms with Crippen molar-refractivity contribution in [3.63, 3.8) is 0 Å². The zero-order valence-corrected chi connectivity index (χ0v) is 11.8. The van der Waals surface area contributed by atoms with Crippen LogP contribution in [0.4, 0.5) is 0 Å². The number of phosphoric acid groups is 1. The van der Waals surface area contributed by atoms with Crippen LogP contribution in [0.25, 0.3) is 0 Å². The van der Waals surface area contributed by atoms with Gasteiger partial charge in [-0.1, -0.05) is 13.3 Å². The molecule has 0 unspecified atom stereocenters. The summed E-state index contributed by atoms with van der Waals surface area (Å²) in [5.41, 5.74) is 0. The summed E-state index contributed by atoms with van der Waals surface area (Å²) < 4.78 is 13.8. The standard InChI is InChI=1S/C5H11O5P.Sb.3H/c1-2-3-4-5(6)10-11(7,8)9;;;;/h2-4H2,1H3,(H2,7,8,9);;;;. The number of phosphoric ester groups is 1. The van der Waals surface area contributed by atoms with E-state index in [1.165, 1.54) is 0 Å². The van der Waals surface area contributed by atoms with Gasteiger partial charge in [-0.2, -0.15) is 0 Å². The first-order chi connectivity index (χ1) is 4.95. The van der Waals surface area contributed by atoms with E-state index in [2.05, 4.69) is 4.52 Å². The Bertz CT molecular complexity index is 177. The van der Waals surface area contributed by atoms with Crippen molar-refractivity contribution >= 4 is 38.2 Å². The number of hydrogen-bond donors (Lipinski definition) is 2. The predicted molar refractivity (Wildman–Crippen MR) is 47.6 cm³/mol. The van der Waals surface area contributed by atoms with Gasteiger partial charge in [-0.3, -0.25) is 14.6 Å². The van der Waals surface area contributed by atoms with Gasteiger partial charge in [-0.25, -0.2) is 4.57 Å². The van der Waals surface area contributed by atoms with Crippen LogP contribution in [0.1, 0.15) is 26.2 Å². The van der Waals surface area contributed by atoms with E-state index in [9.17, 15) is 9.36 Å². The van der Waals surface area contributed by atoms with Crippen LogP contribution in [0.2, 0.25) is 0 Å². The van der Waals surface area contributed by atoms with Gasteiger partial charge >= 0.3 is 38.2 Å². The van der Waals surface area contributed by atoms with E-state index >= 15 is 0 Å². The SMILES string of the molecule is CCCCC(=O)OP(=O)(O)O.[SbH3]. The molecule has 5 nitrogen and oxygen atoms in total. The van der Waals surface area contributed by atoms with Gasteiger partial charge in [0, 0.05) is 6.42 Å². The molecule has 74 valence electrons. The zero-order valence-electron chi connectivity index (χ0n) is 6.89. The van der Waals surface area contributed by atoms with E-state index in [-0.39, 0.29) is 30.8 Å². The monoisotopic (exact) mass is 306 g/mol. The molecule has 0 aliphatic heterocycles. The number of hydrogen-bond acceptors (Lipinski definition) is 3. The maximum atomic E-state index is 10.5. The molecule has 0 aromatic rings. The van der Waals surface area contributed by atoms with E-state index < -0.39 is 13.8 Å². The van der Waals surface area contributed by atoms with E-state index in [0.717, 1.165) is 6.42 Å². The molecular weight excluding hydrogens is 293 g/mol.